The van der Waals surface area contributed by atoms with Gasteiger partial charge in [0.05, 0.1) is 13.7 Å². The van der Waals surface area contributed by atoms with Gasteiger partial charge in [0.2, 0.25) is 0 Å². The van der Waals surface area contributed by atoms with Gasteiger partial charge >= 0.3 is 0 Å². The fraction of sp³-hybridized carbons (Fsp3) is 0.467. The van der Waals surface area contributed by atoms with Crippen LogP contribution in [0.4, 0.5) is 0 Å². The molecule has 1 unspecified atom stereocenters. The fourth-order valence-electron chi connectivity index (χ4n) is 1.90. The summed E-state index contributed by atoms with van der Waals surface area (Å²) in [5.74, 6) is 0.874. The summed E-state index contributed by atoms with van der Waals surface area (Å²) in [5, 5.41) is 0. The predicted molar refractivity (Wildman–Crippen MR) is 71.6 cm³/mol. The highest BCUT2D eigenvalue weighted by atomic mass is 16.7. The molecule has 1 aliphatic rings. The zero-order chi connectivity index (χ0) is 12.6. The molecule has 1 aromatic carbocycles. The van der Waals surface area contributed by atoms with Crippen LogP contribution < -0.4 is 4.74 Å². The maximum Gasteiger partial charge on any atom is 0.157 e. The molecule has 3 heteroatoms. The minimum Gasteiger partial charge on any atom is -0.497 e. The molecule has 2 rings (SSSR count). The second kappa shape index (κ2) is 7.19. The van der Waals surface area contributed by atoms with Crippen molar-refractivity contribution in [1.29, 1.82) is 0 Å². The monoisotopic (exact) mass is 248 g/mol. The Morgan fingerprint density at radius 2 is 2.11 bits per heavy atom. The number of methoxy groups -OCH3 is 1. The maximum absolute atomic E-state index is 5.62. The van der Waals surface area contributed by atoms with Crippen LogP contribution in [0.25, 0.3) is 6.08 Å². The highest BCUT2D eigenvalue weighted by Crippen LogP contribution is 2.14. The lowest BCUT2D eigenvalue weighted by atomic mass is 10.2. The van der Waals surface area contributed by atoms with Crippen molar-refractivity contribution in [3.8, 4) is 5.75 Å². The summed E-state index contributed by atoms with van der Waals surface area (Å²) in [6.07, 6.45) is 7.41. The number of ether oxygens (including phenoxy) is 3. The van der Waals surface area contributed by atoms with Crippen LogP contribution in [-0.4, -0.2) is 26.6 Å². The molecule has 0 amide bonds. The van der Waals surface area contributed by atoms with Gasteiger partial charge in [0.1, 0.15) is 5.75 Å². The van der Waals surface area contributed by atoms with E-state index in [1.54, 1.807) is 7.11 Å². The van der Waals surface area contributed by atoms with Crippen molar-refractivity contribution in [2.24, 2.45) is 0 Å². The van der Waals surface area contributed by atoms with Gasteiger partial charge in [-0.1, -0.05) is 24.3 Å². The van der Waals surface area contributed by atoms with E-state index in [9.17, 15) is 0 Å². The Morgan fingerprint density at radius 3 is 2.78 bits per heavy atom. The summed E-state index contributed by atoms with van der Waals surface area (Å²) in [4.78, 5) is 0. The average molecular weight is 248 g/mol. The van der Waals surface area contributed by atoms with Crippen molar-refractivity contribution in [3.63, 3.8) is 0 Å². The van der Waals surface area contributed by atoms with Gasteiger partial charge in [-0.3, -0.25) is 0 Å². The van der Waals surface area contributed by atoms with E-state index in [2.05, 4.69) is 0 Å². The minimum atomic E-state index is -0.0146. The first-order valence-electron chi connectivity index (χ1n) is 6.42. The van der Waals surface area contributed by atoms with Crippen LogP contribution in [0, 0.1) is 0 Å². The average Bonchev–Trinajstić information content (AvgIpc) is 2.45. The molecule has 0 aromatic heterocycles. The second-order valence-corrected chi connectivity index (χ2v) is 4.30. The summed E-state index contributed by atoms with van der Waals surface area (Å²) in [6, 6.07) is 7.94. The molecule has 1 atom stereocenters. The van der Waals surface area contributed by atoms with Gasteiger partial charge in [-0.2, -0.15) is 0 Å². The molecule has 1 heterocycles. The third-order valence-electron chi connectivity index (χ3n) is 2.94. The van der Waals surface area contributed by atoms with Gasteiger partial charge in [-0.25, -0.2) is 0 Å². The van der Waals surface area contributed by atoms with Gasteiger partial charge in [0, 0.05) is 6.61 Å². The first kappa shape index (κ1) is 13.1. The lowest BCUT2D eigenvalue weighted by Gasteiger charge is -2.21. The first-order valence-corrected chi connectivity index (χ1v) is 6.42. The van der Waals surface area contributed by atoms with Gasteiger partial charge in [0.15, 0.2) is 6.29 Å². The van der Waals surface area contributed by atoms with Crippen LogP contribution in [0.2, 0.25) is 0 Å². The first-order chi connectivity index (χ1) is 8.88. The Labute approximate surface area is 108 Å². The number of rotatable bonds is 5. The molecule has 1 aliphatic heterocycles. The van der Waals surface area contributed by atoms with Crippen molar-refractivity contribution in [3.05, 3.63) is 35.9 Å². The van der Waals surface area contributed by atoms with Gasteiger partial charge in [-0.05, 0) is 37.0 Å². The highest BCUT2D eigenvalue weighted by Gasteiger charge is 2.12. The van der Waals surface area contributed by atoms with Crippen LogP contribution in [0.1, 0.15) is 24.8 Å². The van der Waals surface area contributed by atoms with Crippen molar-refractivity contribution < 1.29 is 14.2 Å². The molecule has 18 heavy (non-hydrogen) atoms. The van der Waals surface area contributed by atoms with E-state index in [1.165, 1.54) is 6.42 Å². The molecule has 0 radical (unpaired) electrons. The standard InChI is InChI=1S/C15H20O3/c1-16-14-9-7-13(8-10-14)5-4-12-18-15-6-2-3-11-17-15/h4-5,7-10,15H,2-3,6,11-12H2,1H3/b5-4+. The highest BCUT2D eigenvalue weighted by molar-refractivity contribution is 5.50. The fourth-order valence-corrected chi connectivity index (χ4v) is 1.90. The number of hydrogen-bond donors (Lipinski definition) is 0. The molecule has 3 nitrogen and oxygen atoms in total. The summed E-state index contributed by atoms with van der Waals surface area (Å²) >= 11 is 0. The second-order valence-electron chi connectivity index (χ2n) is 4.30. The summed E-state index contributed by atoms with van der Waals surface area (Å²) in [7, 11) is 1.67. The Morgan fingerprint density at radius 1 is 1.28 bits per heavy atom. The Hall–Kier alpha value is -1.32. The third-order valence-corrected chi connectivity index (χ3v) is 2.94. The largest absolute Gasteiger partial charge is 0.497 e. The van der Waals surface area contributed by atoms with E-state index >= 15 is 0 Å². The molecular weight excluding hydrogens is 228 g/mol. The van der Waals surface area contributed by atoms with Crippen LogP contribution in [0.3, 0.4) is 0 Å². The molecular formula is C15H20O3. The zero-order valence-corrected chi connectivity index (χ0v) is 10.8. The van der Waals surface area contributed by atoms with Gasteiger partial charge in [0.25, 0.3) is 0 Å². The molecule has 1 aromatic rings. The topological polar surface area (TPSA) is 27.7 Å². The Balaban J connectivity index is 1.72. The van der Waals surface area contributed by atoms with Gasteiger partial charge < -0.3 is 14.2 Å². The lowest BCUT2D eigenvalue weighted by Crippen LogP contribution is -2.22. The number of benzene rings is 1. The van der Waals surface area contributed by atoms with E-state index in [0.717, 1.165) is 30.8 Å². The van der Waals surface area contributed by atoms with Crippen LogP contribution in [-0.2, 0) is 9.47 Å². The SMILES string of the molecule is COc1ccc(/C=C/COC2CCCCO2)cc1. The van der Waals surface area contributed by atoms with E-state index in [-0.39, 0.29) is 6.29 Å². The lowest BCUT2D eigenvalue weighted by molar-refractivity contribution is -0.155. The van der Waals surface area contributed by atoms with E-state index in [0.29, 0.717) is 6.61 Å². The quantitative estimate of drug-likeness (QED) is 0.800. The van der Waals surface area contributed by atoms with Crippen molar-refractivity contribution in [1.82, 2.24) is 0 Å². The van der Waals surface area contributed by atoms with E-state index in [1.807, 2.05) is 36.4 Å². The normalized spacial score (nSPS) is 20.2. The predicted octanol–water partition coefficient (Wildman–Crippen LogP) is 3.25. The summed E-state index contributed by atoms with van der Waals surface area (Å²) in [5.41, 5.74) is 1.14. The molecule has 0 spiro atoms. The van der Waals surface area contributed by atoms with Crippen molar-refractivity contribution in [2.75, 3.05) is 20.3 Å². The minimum absolute atomic E-state index is 0.0146. The Bertz CT molecular complexity index is 364. The van der Waals surface area contributed by atoms with Crippen molar-refractivity contribution in [2.45, 2.75) is 25.6 Å². The molecule has 98 valence electrons. The van der Waals surface area contributed by atoms with E-state index < -0.39 is 0 Å². The molecule has 0 aliphatic carbocycles. The zero-order valence-electron chi connectivity index (χ0n) is 10.8. The molecule has 0 N–H and O–H groups in total. The molecule has 0 saturated carbocycles. The van der Waals surface area contributed by atoms with Crippen LogP contribution >= 0.6 is 0 Å². The Kier molecular flexibility index (Phi) is 5.24. The summed E-state index contributed by atoms with van der Waals surface area (Å²) < 4.78 is 16.2. The van der Waals surface area contributed by atoms with Crippen molar-refractivity contribution >= 4 is 6.08 Å². The summed E-state index contributed by atoms with van der Waals surface area (Å²) in [6.45, 7) is 1.42. The van der Waals surface area contributed by atoms with E-state index in [4.69, 9.17) is 14.2 Å². The van der Waals surface area contributed by atoms with Crippen LogP contribution in [0.15, 0.2) is 30.3 Å². The molecule has 1 saturated heterocycles. The smallest absolute Gasteiger partial charge is 0.157 e. The van der Waals surface area contributed by atoms with Gasteiger partial charge in [-0.15, -0.1) is 0 Å². The molecule has 0 bridgehead atoms. The maximum atomic E-state index is 5.62. The third kappa shape index (κ3) is 4.17. The molecule has 1 fully saturated rings. The number of hydrogen-bond acceptors (Lipinski definition) is 3. The van der Waals surface area contributed by atoms with Crippen LogP contribution in [0.5, 0.6) is 5.75 Å².